The first-order valence-corrected chi connectivity index (χ1v) is 11.3. The minimum absolute atomic E-state index is 0.0324. The van der Waals surface area contributed by atoms with Gasteiger partial charge in [-0.15, -0.1) is 0 Å². The molecule has 162 valence electrons. The van der Waals surface area contributed by atoms with E-state index in [2.05, 4.69) is 18.6 Å². The van der Waals surface area contributed by atoms with Gasteiger partial charge in [0.25, 0.3) is 10.0 Å². The van der Waals surface area contributed by atoms with Crippen LogP contribution in [0.1, 0.15) is 34.1 Å². The van der Waals surface area contributed by atoms with Crippen molar-refractivity contribution in [3.05, 3.63) is 48.3 Å². The van der Waals surface area contributed by atoms with Gasteiger partial charge in [0, 0.05) is 12.6 Å². The van der Waals surface area contributed by atoms with E-state index in [1.54, 1.807) is 23.1 Å². The fraction of sp³-hybridized carbons (Fsp3) is 0.409. The SMILES string of the molecule is CC(C)CCN1C(=O)C(C)(C)COc2cc(NS(=O)(=O)c3cccc(F)c3)ccc21. The number of ether oxygens (including phenoxy) is 1. The smallest absolute Gasteiger partial charge is 0.261 e. The molecule has 3 rings (SSSR count). The fourth-order valence-corrected chi connectivity index (χ4v) is 4.25. The summed E-state index contributed by atoms with van der Waals surface area (Å²) in [7, 11) is -3.97. The van der Waals surface area contributed by atoms with Crippen LogP contribution in [0.2, 0.25) is 0 Å². The van der Waals surface area contributed by atoms with Gasteiger partial charge >= 0.3 is 0 Å². The van der Waals surface area contributed by atoms with Crippen LogP contribution in [0.5, 0.6) is 5.75 Å². The maximum absolute atomic E-state index is 13.4. The summed E-state index contributed by atoms with van der Waals surface area (Å²) in [6.07, 6.45) is 0.829. The highest BCUT2D eigenvalue weighted by molar-refractivity contribution is 7.92. The van der Waals surface area contributed by atoms with Crippen LogP contribution in [0.4, 0.5) is 15.8 Å². The van der Waals surface area contributed by atoms with E-state index in [1.165, 1.54) is 18.2 Å². The van der Waals surface area contributed by atoms with Crippen LogP contribution in [0.3, 0.4) is 0 Å². The van der Waals surface area contributed by atoms with E-state index in [4.69, 9.17) is 4.74 Å². The molecule has 1 amide bonds. The number of hydrogen-bond donors (Lipinski definition) is 1. The van der Waals surface area contributed by atoms with Crippen LogP contribution in [0.15, 0.2) is 47.4 Å². The van der Waals surface area contributed by atoms with Crippen molar-refractivity contribution in [2.75, 3.05) is 22.8 Å². The number of halogens is 1. The number of sulfonamides is 1. The van der Waals surface area contributed by atoms with E-state index >= 15 is 0 Å². The first kappa shape index (κ1) is 22.1. The molecule has 0 aliphatic carbocycles. The molecular formula is C22H27FN2O4S. The number of amides is 1. The van der Waals surface area contributed by atoms with Gasteiger partial charge in [0.15, 0.2) is 0 Å². The number of nitrogens with one attached hydrogen (secondary N) is 1. The van der Waals surface area contributed by atoms with Crippen molar-refractivity contribution in [2.24, 2.45) is 11.3 Å². The zero-order valence-electron chi connectivity index (χ0n) is 17.6. The minimum Gasteiger partial charge on any atom is -0.490 e. The second-order valence-corrected chi connectivity index (χ2v) is 10.2. The number of carbonyl (C=O) groups excluding carboxylic acids is 1. The maximum Gasteiger partial charge on any atom is 0.261 e. The molecule has 6 nitrogen and oxygen atoms in total. The monoisotopic (exact) mass is 434 g/mol. The van der Waals surface area contributed by atoms with Crippen molar-refractivity contribution in [3.63, 3.8) is 0 Å². The van der Waals surface area contributed by atoms with Crippen molar-refractivity contribution in [3.8, 4) is 5.75 Å². The Balaban J connectivity index is 1.94. The first-order valence-electron chi connectivity index (χ1n) is 9.87. The van der Waals surface area contributed by atoms with Crippen LogP contribution < -0.4 is 14.4 Å². The Morgan fingerprint density at radius 3 is 2.60 bits per heavy atom. The highest BCUT2D eigenvalue weighted by Crippen LogP contribution is 2.38. The minimum atomic E-state index is -3.97. The topological polar surface area (TPSA) is 75.7 Å². The van der Waals surface area contributed by atoms with E-state index in [9.17, 15) is 17.6 Å². The summed E-state index contributed by atoms with van der Waals surface area (Å²) < 4.78 is 47.0. The van der Waals surface area contributed by atoms with Crippen molar-refractivity contribution < 1.29 is 22.3 Å². The average Bonchev–Trinajstić information content (AvgIpc) is 2.75. The summed E-state index contributed by atoms with van der Waals surface area (Å²) in [6.45, 7) is 8.57. The maximum atomic E-state index is 13.4. The lowest BCUT2D eigenvalue weighted by atomic mass is 9.92. The largest absolute Gasteiger partial charge is 0.490 e. The average molecular weight is 435 g/mol. The zero-order valence-corrected chi connectivity index (χ0v) is 18.4. The zero-order chi connectivity index (χ0) is 22.1. The Bertz CT molecular complexity index is 1050. The Morgan fingerprint density at radius 2 is 1.93 bits per heavy atom. The predicted octanol–water partition coefficient (Wildman–Crippen LogP) is 4.42. The molecule has 0 saturated heterocycles. The van der Waals surface area contributed by atoms with E-state index in [1.807, 2.05) is 13.8 Å². The van der Waals surface area contributed by atoms with Gasteiger partial charge in [-0.25, -0.2) is 12.8 Å². The summed E-state index contributed by atoms with van der Waals surface area (Å²) in [5.41, 5.74) is 0.172. The first-order chi connectivity index (χ1) is 14.0. The van der Waals surface area contributed by atoms with Gasteiger partial charge in [-0.2, -0.15) is 0 Å². The van der Waals surface area contributed by atoms with Gasteiger partial charge < -0.3 is 9.64 Å². The summed E-state index contributed by atoms with van der Waals surface area (Å²) >= 11 is 0. The van der Waals surface area contributed by atoms with Crippen LogP contribution in [0, 0.1) is 17.2 Å². The molecular weight excluding hydrogens is 407 g/mol. The molecule has 1 aliphatic heterocycles. The molecule has 0 spiro atoms. The van der Waals surface area contributed by atoms with Crippen LogP contribution in [-0.2, 0) is 14.8 Å². The molecule has 0 bridgehead atoms. The van der Waals surface area contributed by atoms with Gasteiger partial charge in [-0.05, 0) is 56.5 Å². The summed E-state index contributed by atoms with van der Waals surface area (Å²) in [5, 5.41) is 0. The molecule has 0 atom stereocenters. The Kier molecular flexibility index (Phi) is 6.08. The molecule has 30 heavy (non-hydrogen) atoms. The molecule has 1 heterocycles. The lowest BCUT2D eigenvalue weighted by Crippen LogP contribution is -2.42. The van der Waals surface area contributed by atoms with Gasteiger partial charge in [0.2, 0.25) is 5.91 Å². The molecule has 8 heteroatoms. The van der Waals surface area contributed by atoms with Gasteiger partial charge in [0.1, 0.15) is 18.2 Å². The normalized spacial score (nSPS) is 16.1. The van der Waals surface area contributed by atoms with Crippen LogP contribution in [0.25, 0.3) is 0 Å². The molecule has 0 fully saturated rings. The van der Waals surface area contributed by atoms with E-state index in [-0.39, 0.29) is 23.1 Å². The molecule has 0 saturated carbocycles. The number of anilines is 2. The Morgan fingerprint density at radius 1 is 1.20 bits per heavy atom. The summed E-state index contributed by atoms with van der Waals surface area (Å²) in [5.74, 6) is 0.183. The number of rotatable bonds is 6. The Hall–Kier alpha value is -2.61. The molecule has 0 aromatic heterocycles. The molecule has 1 aliphatic rings. The van der Waals surface area contributed by atoms with Gasteiger partial charge in [-0.1, -0.05) is 19.9 Å². The van der Waals surface area contributed by atoms with Crippen molar-refractivity contribution in [2.45, 2.75) is 39.0 Å². The van der Waals surface area contributed by atoms with Crippen molar-refractivity contribution >= 4 is 27.3 Å². The quantitative estimate of drug-likeness (QED) is 0.730. The summed E-state index contributed by atoms with van der Waals surface area (Å²) in [6, 6.07) is 9.61. The molecule has 0 unspecified atom stereocenters. The second-order valence-electron chi connectivity index (χ2n) is 8.56. The molecule has 0 radical (unpaired) electrons. The molecule has 1 N–H and O–H groups in total. The van der Waals surface area contributed by atoms with Crippen molar-refractivity contribution in [1.29, 1.82) is 0 Å². The van der Waals surface area contributed by atoms with Gasteiger partial charge in [-0.3, -0.25) is 9.52 Å². The Labute approximate surface area is 177 Å². The number of nitrogens with zero attached hydrogens (tertiary/aromatic N) is 1. The highest BCUT2D eigenvalue weighted by Gasteiger charge is 2.37. The number of carbonyl (C=O) groups is 1. The molecule has 2 aromatic carbocycles. The van der Waals surface area contributed by atoms with Crippen molar-refractivity contribution in [1.82, 2.24) is 0 Å². The molecule has 2 aromatic rings. The standard InChI is InChI=1S/C22H27FN2O4S/c1-15(2)10-11-25-19-9-8-17(13-20(19)29-14-22(3,4)21(25)26)24-30(27,28)18-7-5-6-16(23)12-18/h5-9,12-13,15,24H,10-11,14H2,1-4H3. The highest BCUT2D eigenvalue weighted by atomic mass is 32.2. The lowest BCUT2D eigenvalue weighted by molar-refractivity contribution is -0.127. The predicted molar refractivity (Wildman–Crippen MR) is 115 cm³/mol. The summed E-state index contributed by atoms with van der Waals surface area (Å²) in [4.78, 5) is 14.6. The third-order valence-corrected chi connectivity index (χ3v) is 6.33. The fourth-order valence-electron chi connectivity index (χ4n) is 3.17. The second kappa shape index (κ2) is 8.26. The van der Waals surface area contributed by atoms with Gasteiger partial charge in [0.05, 0.1) is 21.7 Å². The lowest BCUT2D eigenvalue weighted by Gasteiger charge is -2.28. The third kappa shape index (κ3) is 4.75. The number of fused-ring (bicyclic) bond motifs is 1. The van der Waals surface area contributed by atoms with Crippen LogP contribution in [-0.4, -0.2) is 27.5 Å². The third-order valence-electron chi connectivity index (χ3n) is 4.95. The number of hydrogen-bond acceptors (Lipinski definition) is 4. The van der Waals surface area contributed by atoms with Crippen LogP contribution >= 0.6 is 0 Å². The van der Waals surface area contributed by atoms with E-state index in [0.29, 0.717) is 23.9 Å². The number of benzene rings is 2. The van der Waals surface area contributed by atoms with E-state index < -0.39 is 21.3 Å². The van der Waals surface area contributed by atoms with E-state index in [0.717, 1.165) is 12.5 Å².